The van der Waals surface area contributed by atoms with Gasteiger partial charge in [-0.25, -0.2) is 0 Å². The van der Waals surface area contributed by atoms with Crippen LogP contribution in [0, 0.1) is 6.92 Å². The largest absolute Gasteiger partial charge is 0.455 e. The number of ether oxygens (including phenoxy) is 1. The smallest absolute Gasteiger partial charge is 0.147 e. The summed E-state index contributed by atoms with van der Waals surface area (Å²) in [6, 6.07) is 8.23. The van der Waals surface area contributed by atoms with Crippen LogP contribution in [-0.4, -0.2) is 12.0 Å². The summed E-state index contributed by atoms with van der Waals surface area (Å²) < 4.78 is 6.03. The molecule has 0 fully saturated rings. The maximum atomic E-state index is 6.03. The first-order valence-electron chi connectivity index (χ1n) is 6.82. The van der Waals surface area contributed by atoms with Crippen molar-refractivity contribution in [2.45, 2.75) is 33.1 Å². The first-order chi connectivity index (χ1) is 9.40. The minimum Gasteiger partial charge on any atom is -0.455 e. The molecule has 0 aliphatic carbocycles. The van der Waals surface area contributed by atoms with Crippen molar-refractivity contribution in [1.82, 2.24) is 4.98 Å². The molecule has 3 heteroatoms. The van der Waals surface area contributed by atoms with E-state index in [1.54, 1.807) is 12.4 Å². The number of aromatic nitrogens is 1. The van der Waals surface area contributed by atoms with Crippen LogP contribution in [0.15, 0.2) is 36.7 Å². The zero-order chi connectivity index (χ0) is 14.8. The molecule has 0 bridgehead atoms. The van der Waals surface area contributed by atoms with Crippen LogP contribution in [0.2, 0.25) is 0 Å². The molecule has 1 heterocycles. The van der Waals surface area contributed by atoms with E-state index in [-0.39, 0.29) is 5.41 Å². The summed E-state index contributed by atoms with van der Waals surface area (Å²) in [6.45, 7) is 8.67. The Bertz CT molecular complexity index is 600. The molecule has 0 spiro atoms. The Kier molecular flexibility index (Phi) is 3.98. The van der Waals surface area contributed by atoms with E-state index in [1.165, 1.54) is 11.1 Å². The summed E-state index contributed by atoms with van der Waals surface area (Å²) in [7, 11) is 1.87. The SMILES string of the molecule is CNc1cncc(Oc2ccc(C)cc2C(C)(C)C)c1. The summed E-state index contributed by atoms with van der Waals surface area (Å²) in [5, 5.41) is 3.06. The van der Waals surface area contributed by atoms with Gasteiger partial charge in [0.1, 0.15) is 11.5 Å². The number of aryl methyl sites for hydroxylation is 1. The topological polar surface area (TPSA) is 34.2 Å². The molecule has 106 valence electrons. The van der Waals surface area contributed by atoms with Crippen LogP contribution >= 0.6 is 0 Å². The zero-order valence-electron chi connectivity index (χ0n) is 12.8. The van der Waals surface area contributed by atoms with Gasteiger partial charge in [0.15, 0.2) is 0 Å². The highest BCUT2D eigenvalue weighted by molar-refractivity contribution is 5.48. The van der Waals surface area contributed by atoms with E-state index < -0.39 is 0 Å². The number of nitrogens with one attached hydrogen (secondary N) is 1. The van der Waals surface area contributed by atoms with Crippen molar-refractivity contribution in [1.29, 1.82) is 0 Å². The van der Waals surface area contributed by atoms with Gasteiger partial charge in [-0.1, -0.05) is 38.5 Å². The van der Waals surface area contributed by atoms with Crippen LogP contribution in [0.3, 0.4) is 0 Å². The van der Waals surface area contributed by atoms with Gasteiger partial charge in [-0.05, 0) is 18.4 Å². The Hall–Kier alpha value is -2.03. The van der Waals surface area contributed by atoms with Gasteiger partial charge in [0.2, 0.25) is 0 Å². The lowest BCUT2D eigenvalue weighted by molar-refractivity contribution is 0.453. The summed E-state index contributed by atoms with van der Waals surface area (Å²) in [5.41, 5.74) is 3.42. The van der Waals surface area contributed by atoms with E-state index in [0.717, 1.165) is 17.2 Å². The third-order valence-corrected chi connectivity index (χ3v) is 3.17. The number of hydrogen-bond donors (Lipinski definition) is 1. The predicted molar refractivity (Wildman–Crippen MR) is 83.7 cm³/mol. The van der Waals surface area contributed by atoms with Gasteiger partial charge in [0.05, 0.1) is 18.1 Å². The molecule has 0 saturated carbocycles. The Morgan fingerprint density at radius 2 is 1.85 bits per heavy atom. The van der Waals surface area contributed by atoms with E-state index in [9.17, 15) is 0 Å². The third kappa shape index (κ3) is 3.29. The fourth-order valence-corrected chi connectivity index (χ4v) is 2.06. The normalized spacial score (nSPS) is 11.2. The van der Waals surface area contributed by atoms with Gasteiger partial charge >= 0.3 is 0 Å². The maximum Gasteiger partial charge on any atom is 0.147 e. The first kappa shape index (κ1) is 14.4. The van der Waals surface area contributed by atoms with E-state index in [0.29, 0.717) is 0 Å². The van der Waals surface area contributed by atoms with E-state index in [2.05, 4.69) is 50.1 Å². The molecule has 0 aliphatic rings. The summed E-state index contributed by atoms with van der Waals surface area (Å²) in [4.78, 5) is 4.17. The molecule has 0 radical (unpaired) electrons. The lowest BCUT2D eigenvalue weighted by Crippen LogP contribution is -2.12. The first-order valence-corrected chi connectivity index (χ1v) is 6.82. The highest BCUT2D eigenvalue weighted by Crippen LogP contribution is 2.35. The quantitative estimate of drug-likeness (QED) is 0.890. The average Bonchev–Trinajstić information content (AvgIpc) is 2.40. The molecule has 2 aromatic rings. The van der Waals surface area contributed by atoms with Gasteiger partial charge < -0.3 is 10.1 Å². The van der Waals surface area contributed by atoms with Crippen LogP contribution < -0.4 is 10.1 Å². The van der Waals surface area contributed by atoms with Crippen molar-refractivity contribution in [3.8, 4) is 11.5 Å². The van der Waals surface area contributed by atoms with Gasteiger partial charge in [-0.3, -0.25) is 4.98 Å². The Morgan fingerprint density at radius 3 is 2.50 bits per heavy atom. The highest BCUT2D eigenvalue weighted by atomic mass is 16.5. The molecule has 20 heavy (non-hydrogen) atoms. The second-order valence-corrected chi connectivity index (χ2v) is 6.01. The number of anilines is 1. The molecule has 1 aromatic heterocycles. The fraction of sp³-hybridized carbons (Fsp3) is 0.353. The molecule has 3 nitrogen and oxygen atoms in total. The number of hydrogen-bond acceptors (Lipinski definition) is 3. The predicted octanol–water partition coefficient (Wildman–Crippen LogP) is 4.52. The highest BCUT2D eigenvalue weighted by Gasteiger charge is 2.19. The van der Waals surface area contributed by atoms with Crippen molar-refractivity contribution >= 4 is 5.69 Å². The lowest BCUT2D eigenvalue weighted by atomic mass is 9.85. The second-order valence-electron chi connectivity index (χ2n) is 6.01. The number of pyridine rings is 1. The molecular formula is C17H22N2O. The summed E-state index contributed by atoms with van der Waals surface area (Å²) in [6.07, 6.45) is 3.50. The van der Waals surface area contributed by atoms with Crippen LogP contribution in [-0.2, 0) is 5.41 Å². The summed E-state index contributed by atoms with van der Waals surface area (Å²) >= 11 is 0. The van der Waals surface area contributed by atoms with Crippen molar-refractivity contribution in [3.05, 3.63) is 47.8 Å². The van der Waals surface area contributed by atoms with Crippen molar-refractivity contribution in [2.75, 3.05) is 12.4 Å². The molecule has 0 saturated heterocycles. The van der Waals surface area contributed by atoms with Crippen LogP contribution in [0.4, 0.5) is 5.69 Å². The summed E-state index contributed by atoms with van der Waals surface area (Å²) in [5.74, 6) is 1.63. The number of nitrogens with zero attached hydrogens (tertiary/aromatic N) is 1. The molecular weight excluding hydrogens is 248 g/mol. The van der Waals surface area contributed by atoms with Gasteiger partial charge in [0, 0.05) is 18.7 Å². The fourth-order valence-electron chi connectivity index (χ4n) is 2.06. The van der Waals surface area contributed by atoms with E-state index in [4.69, 9.17) is 4.74 Å². The number of benzene rings is 1. The molecule has 1 aromatic carbocycles. The van der Waals surface area contributed by atoms with Gasteiger partial charge in [-0.15, -0.1) is 0 Å². The molecule has 0 unspecified atom stereocenters. The zero-order valence-corrected chi connectivity index (χ0v) is 12.8. The molecule has 0 atom stereocenters. The minimum absolute atomic E-state index is 0.0371. The molecule has 1 N–H and O–H groups in total. The van der Waals surface area contributed by atoms with E-state index >= 15 is 0 Å². The van der Waals surface area contributed by atoms with Crippen LogP contribution in [0.25, 0.3) is 0 Å². The monoisotopic (exact) mass is 270 g/mol. The Morgan fingerprint density at radius 1 is 1.10 bits per heavy atom. The maximum absolute atomic E-state index is 6.03. The van der Waals surface area contributed by atoms with Crippen LogP contribution in [0.5, 0.6) is 11.5 Å². The van der Waals surface area contributed by atoms with Crippen molar-refractivity contribution in [3.63, 3.8) is 0 Å². The van der Waals surface area contributed by atoms with Gasteiger partial charge in [0.25, 0.3) is 0 Å². The van der Waals surface area contributed by atoms with Crippen LogP contribution in [0.1, 0.15) is 31.9 Å². The van der Waals surface area contributed by atoms with Crippen molar-refractivity contribution in [2.24, 2.45) is 0 Å². The standard InChI is InChI=1S/C17H22N2O/c1-12-6-7-16(15(8-12)17(2,3)4)20-14-9-13(18-5)10-19-11-14/h6-11,18H,1-5H3. The minimum atomic E-state index is 0.0371. The molecule has 0 aliphatic heterocycles. The Balaban J connectivity index is 2.38. The second kappa shape index (κ2) is 5.53. The number of rotatable bonds is 3. The Labute approximate surface area is 121 Å². The van der Waals surface area contributed by atoms with Gasteiger partial charge in [-0.2, -0.15) is 0 Å². The lowest BCUT2D eigenvalue weighted by Gasteiger charge is -2.23. The third-order valence-electron chi connectivity index (χ3n) is 3.17. The molecule has 0 amide bonds. The molecule has 2 rings (SSSR count). The average molecular weight is 270 g/mol. The van der Waals surface area contributed by atoms with E-state index in [1.807, 2.05) is 19.2 Å². The van der Waals surface area contributed by atoms with Crippen molar-refractivity contribution < 1.29 is 4.74 Å².